The van der Waals surface area contributed by atoms with Gasteiger partial charge in [-0.3, -0.25) is 38.7 Å². The summed E-state index contributed by atoms with van der Waals surface area (Å²) in [5.74, 6) is -8.38. The van der Waals surface area contributed by atoms with E-state index in [9.17, 15) is 68.3 Å². The fourth-order valence-corrected chi connectivity index (χ4v) is 6.11. The second-order valence-electron chi connectivity index (χ2n) is 10.9. The molecular weight excluding hydrogens is 997 g/mol. The van der Waals surface area contributed by atoms with Crippen LogP contribution in [0.1, 0.15) is 48.3 Å². The summed E-state index contributed by atoms with van der Waals surface area (Å²) >= 11 is 3.04. The Hall–Kier alpha value is -4.38. The van der Waals surface area contributed by atoms with E-state index in [0.29, 0.717) is 0 Å². The SMILES string of the molecule is Nc1cc2cccnc2c2ncccc12.O=C(CC(=O)C(F)(F)F)c1cccs1.O=C(CC(=O)C(F)(F)F)c1cccs1.O=C(CC(=O)C(F)(F)F)c1cccs1.[Tb]. The van der Waals surface area contributed by atoms with Crippen LogP contribution in [0.25, 0.3) is 21.8 Å². The van der Waals surface area contributed by atoms with Crippen molar-refractivity contribution in [2.75, 3.05) is 5.73 Å². The fourth-order valence-electron chi connectivity index (χ4n) is 4.12. The van der Waals surface area contributed by atoms with E-state index in [1.54, 1.807) is 28.5 Å². The Kier molecular flexibility index (Phi) is 19.0. The summed E-state index contributed by atoms with van der Waals surface area (Å²) in [7, 11) is 0. The third kappa shape index (κ3) is 15.4. The number of rotatable bonds is 9. The number of hydrogen-bond donors (Lipinski definition) is 1. The van der Waals surface area contributed by atoms with E-state index in [1.807, 2.05) is 30.3 Å². The molecule has 0 fully saturated rings. The first-order valence-corrected chi connectivity index (χ1v) is 18.1. The number of thiophene rings is 3. The van der Waals surface area contributed by atoms with Crippen molar-refractivity contribution in [1.29, 1.82) is 0 Å². The van der Waals surface area contributed by atoms with Crippen molar-refractivity contribution in [3.8, 4) is 0 Å². The molecule has 0 aliphatic carbocycles. The van der Waals surface area contributed by atoms with Crippen LogP contribution in [-0.4, -0.2) is 63.2 Å². The Morgan fingerprint density at radius 1 is 0.517 bits per heavy atom. The molecule has 0 amide bonds. The number of aromatic nitrogens is 2. The molecule has 1 radical (unpaired) electrons. The van der Waals surface area contributed by atoms with Gasteiger partial charge < -0.3 is 5.73 Å². The topological polar surface area (TPSA) is 154 Å². The van der Waals surface area contributed by atoms with E-state index in [1.165, 1.54) is 36.4 Å². The van der Waals surface area contributed by atoms with Gasteiger partial charge in [-0.15, -0.1) is 34.0 Å². The minimum atomic E-state index is -4.92. The smallest absolute Gasteiger partial charge is 0.398 e. The summed E-state index contributed by atoms with van der Waals surface area (Å²) < 4.78 is 106. The fraction of sp³-hybridized carbons (Fsp3) is 0.167. The molecule has 6 rings (SSSR count). The Bertz CT molecular complexity index is 2160. The van der Waals surface area contributed by atoms with Gasteiger partial charge in [0.25, 0.3) is 0 Å². The number of halogens is 9. The number of carbonyl (C=O) groups excluding carboxylic acids is 6. The predicted molar refractivity (Wildman–Crippen MR) is 194 cm³/mol. The molecule has 9 nitrogen and oxygen atoms in total. The number of ketones is 6. The number of fused-ring (bicyclic) bond motifs is 3. The van der Waals surface area contributed by atoms with Crippen LogP contribution >= 0.6 is 34.0 Å². The number of Topliss-reactive ketones (excluding diaryl/α,β-unsaturated/α-hetero) is 6. The van der Waals surface area contributed by atoms with Crippen molar-refractivity contribution in [1.82, 2.24) is 9.97 Å². The number of nitrogens with zero attached hydrogens (tertiary/aromatic N) is 2. The molecule has 0 aliphatic heterocycles. The zero-order chi connectivity index (χ0) is 42.6. The molecule has 309 valence electrons. The second kappa shape index (κ2) is 22.1. The van der Waals surface area contributed by atoms with Gasteiger partial charge in [-0.2, -0.15) is 39.5 Å². The first-order chi connectivity index (χ1) is 26.6. The summed E-state index contributed by atoms with van der Waals surface area (Å²) in [6.45, 7) is 0. The van der Waals surface area contributed by atoms with Gasteiger partial charge in [-0.25, -0.2) is 0 Å². The van der Waals surface area contributed by atoms with Crippen LogP contribution in [0.15, 0.2) is 95.3 Å². The second-order valence-corrected chi connectivity index (χ2v) is 13.8. The van der Waals surface area contributed by atoms with Crippen molar-refractivity contribution >= 4 is 96.2 Å². The van der Waals surface area contributed by atoms with Gasteiger partial charge in [0.1, 0.15) is 0 Å². The minimum absolute atomic E-state index is 0. The van der Waals surface area contributed by atoms with Crippen molar-refractivity contribution in [2.45, 2.75) is 37.8 Å². The maximum atomic E-state index is 11.8. The normalized spacial score (nSPS) is 11.1. The number of nitrogens with two attached hydrogens (primary N) is 1. The third-order valence-electron chi connectivity index (χ3n) is 6.79. The zero-order valence-corrected chi connectivity index (χ0v) is 33.3. The number of benzene rings is 1. The van der Waals surface area contributed by atoms with E-state index in [2.05, 4.69) is 9.97 Å². The molecule has 0 unspecified atom stereocenters. The molecule has 0 spiro atoms. The van der Waals surface area contributed by atoms with E-state index >= 15 is 0 Å². The van der Waals surface area contributed by atoms with Crippen LogP contribution in [0.3, 0.4) is 0 Å². The largest absolute Gasteiger partial charge is 0.450 e. The van der Waals surface area contributed by atoms with E-state index in [0.717, 1.165) is 61.5 Å². The summed E-state index contributed by atoms with van der Waals surface area (Å²) in [5, 5.41) is 6.67. The first-order valence-electron chi connectivity index (χ1n) is 15.5. The zero-order valence-electron chi connectivity index (χ0n) is 28.7. The van der Waals surface area contributed by atoms with Gasteiger partial charge in [0.05, 0.1) is 44.9 Å². The molecule has 1 aromatic carbocycles. The van der Waals surface area contributed by atoms with Crippen molar-refractivity contribution < 1.29 is 107 Å². The van der Waals surface area contributed by atoms with E-state index in [4.69, 9.17) is 5.73 Å². The van der Waals surface area contributed by atoms with Gasteiger partial charge in [0.2, 0.25) is 17.3 Å². The molecule has 0 atom stereocenters. The van der Waals surface area contributed by atoms with Crippen LogP contribution in [0.5, 0.6) is 0 Å². The van der Waals surface area contributed by atoms with Gasteiger partial charge in [0.15, 0.2) is 17.3 Å². The molecule has 5 heterocycles. The number of nitrogen functional groups attached to an aromatic ring is 1. The Balaban J connectivity index is 0.000000265. The quantitative estimate of drug-likeness (QED) is 0.0490. The molecule has 2 N–H and O–H groups in total. The molecule has 0 saturated carbocycles. The number of alkyl halides is 9. The average Bonchev–Trinajstić information content (AvgIpc) is 3.96. The van der Waals surface area contributed by atoms with Gasteiger partial charge in [0, 0.05) is 67.5 Å². The standard InChI is InChI=1S/C12H9N3.3C8H5F3O2S.Tb/c13-10-7-8-3-1-5-14-11(8)12-9(10)4-2-6-15-12;3*9-8(10,11)7(13)4-5(12)6-2-1-3-14-6;/h1-7H,13H2;3*1-3H,4H2;. The van der Waals surface area contributed by atoms with Crippen LogP contribution in [0.2, 0.25) is 0 Å². The first kappa shape index (κ1) is 49.8. The molecule has 0 aliphatic rings. The summed E-state index contributed by atoms with van der Waals surface area (Å²) in [6.07, 6.45) is -14.6. The Morgan fingerprint density at radius 3 is 1.19 bits per heavy atom. The van der Waals surface area contributed by atoms with Crippen LogP contribution in [0, 0.1) is 38.6 Å². The summed E-state index contributed by atoms with van der Waals surface area (Å²) in [5.41, 5.74) is 8.48. The number of carbonyl (C=O) groups is 6. The van der Waals surface area contributed by atoms with E-state index in [-0.39, 0.29) is 53.2 Å². The van der Waals surface area contributed by atoms with Crippen LogP contribution < -0.4 is 5.73 Å². The molecule has 0 saturated heterocycles. The van der Waals surface area contributed by atoms with Crippen molar-refractivity contribution in [3.63, 3.8) is 0 Å². The number of hydrogen-bond acceptors (Lipinski definition) is 12. The molecule has 5 aromatic heterocycles. The van der Waals surface area contributed by atoms with Gasteiger partial charge >= 0.3 is 18.5 Å². The molecular formula is C36H24F9N3O6S3Tb. The maximum absolute atomic E-state index is 11.8. The Morgan fingerprint density at radius 2 is 0.862 bits per heavy atom. The monoisotopic (exact) mass is 1020 g/mol. The molecule has 0 bridgehead atoms. The maximum Gasteiger partial charge on any atom is 0.450 e. The number of anilines is 1. The predicted octanol–water partition coefficient (Wildman–Crippen LogP) is 9.72. The Labute approximate surface area is 363 Å². The average molecular weight is 1020 g/mol. The molecule has 6 aromatic rings. The third-order valence-corrected chi connectivity index (χ3v) is 9.53. The molecule has 58 heavy (non-hydrogen) atoms. The van der Waals surface area contributed by atoms with Crippen molar-refractivity contribution in [2.24, 2.45) is 0 Å². The van der Waals surface area contributed by atoms with Gasteiger partial charge in [-0.1, -0.05) is 24.3 Å². The summed E-state index contributed by atoms with van der Waals surface area (Å²) in [4.78, 5) is 73.6. The van der Waals surface area contributed by atoms with Crippen LogP contribution in [0.4, 0.5) is 45.2 Å². The van der Waals surface area contributed by atoms with Crippen LogP contribution in [-0.2, 0) is 14.4 Å². The van der Waals surface area contributed by atoms with Crippen molar-refractivity contribution in [3.05, 3.63) is 110 Å². The summed E-state index contributed by atoms with van der Waals surface area (Å²) in [6, 6.07) is 18.4. The van der Waals surface area contributed by atoms with E-state index < -0.39 is 72.5 Å². The van der Waals surface area contributed by atoms with Gasteiger partial charge in [-0.05, 0) is 58.6 Å². The number of pyridine rings is 2. The molecule has 22 heteroatoms. The minimum Gasteiger partial charge on any atom is -0.398 e.